The van der Waals surface area contributed by atoms with Crippen molar-refractivity contribution in [2.75, 3.05) is 59.7 Å². The molecule has 1 saturated heterocycles. The summed E-state index contributed by atoms with van der Waals surface area (Å²) in [6.07, 6.45) is 1.87. The van der Waals surface area contributed by atoms with Gasteiger partial charge in [0.05, 0.1) is 12.5 Å². The molecule has 38 heavy (non-hydrogen) atoms. The lowest BCUT2D eigenvalue weighted by Crippen LogP contribution is -2.43. The van der Waals surface area contributed by atoms with Gasteiger partial charge in [-0.15, -0.1) is 0 Å². The van der Waals surface area contributed by atoms with Crippen LogP contribution in [0.4, 0.5) is 11.6 Å². The van der Waals surface area contributed by atoms with Crippen molar-refractivity contribution in [3.8, 4) is 17.0 Å². The second kappa shape index (κ2) is 11.6. The fourth-order valence-electron chi connectivity index (χ4n) is 4.60. The Bertz CT molecular complexity index is 1400. The maximum Gasteiger partial charge on any atom is 0.253 e. The molecule has 0 atom stereocenters. The largest absolute Gasteiger partial charge is 0.480 e. The van der Waals surface area contributed by atoms with Crippen LogP contribution in [0, 0.1) is 0 Å². The van der Waals surface area contributed by atoms with E-state index in [1.165, 1.54) is 13.0 Å². The first kappa shape index (κ1) is 25.7. The number of benzene rings is 2. The van der Waals surface area contributed by atoms with Crippen molar-refractivity contribution in [1.29, 1.82) is 0 Å². The average molecular weight is 517 g/mol. The van der Waals surface area contributed by atoms with E-state index < -0.39 is 0 Å². The van der Waals surface area contributed by atoms with Gasteiger partial charge < -0.3 is 24.8 Å². The highest BCUT2D eigenvalue weighted by Gasteiger charge is 2.18. The van der Waals surface area contributed by atoms with Gasteiger partial charge in [0.15, 0.2) is 0 Å². The minimum Gasteiger partial charge on any atom is -0.480 e. The van der Waals surface area contributed by atoms with Gasteiger partial charge >= 0.3 is 0 Å². The van der Waals surface area contributed by atoms with Crippen molar-refractivity contribution in [3.05, 3.63) is 65.9 Å². The van der Waals surface area contributed by atoms with Gasteiger partial charge in [-0.1, -0.05) is 31.7 Å². The molecule has 0 spiro atoms. The van der Waals surface area contributed by atoms with Gasteiger partial charge in [-0.2, -0.15) is 9.97 Å². The second-order valence-corrected chi connectivity index (χ2v) is 9.66. The SMILES string of the molecule is COc1nc(Nc2ccc(CN3CCN(C)CC3)cc2)nc2[nH]cc(-c3cccc(C(=O)N(C)C)c3)c12.[2H]C. The first-order chi connectivity index (χ1) is 18.9. The number of ether oxygens (including phenoxy) is 1. The van der Waals surface area contributed by atoms with Crippen LogP contribution in [-0.2, 0) is 6.54 Å². The zero-order chi connectivity index (χ0) is 27.9. The summed E-state index contributed by atoms with van der Waals surface area (Å²) in [5, 5.41) is 4.07. The number of aromatic nitrogens is 3. The van der Waals surface area contributed by atoms with E-state index in [0.29, 0.717) is 23.0 Å². The number of amides is 1. The smallest absolute Gasteiger partial charge is 0.253 e. The molecule has 1 aliphatic heterocycles. The third-order valence-corrected chi connectivity index (χ3v) is 6.73. The fraction of sp³-hybridized carbons (Fsp3) is 0.345. The van der Waals surface area contributed by atoms with Crippen LogP contribution in [0.1, 0.15) is 24.7 Å². The Balaban J connectivity index is 0.00000172. The van der Waals surface area contributed by atoms with Crippen LogP contribution < -0.4 is 10.1 Å². The molecule has 0 radical (unpaired) electrons. The number of carbonyl (C=O) groups excluding carboxylic acids is 1. The van der Waals surface area contributed by atoms with E-state index in [0.717, 1.165) is 54.9 Å². The molecule has 5 rings (SSSR count). The van der Waals surface area contributed by atoms with E-state index in [-0.39, 0.29) is 5.91 Å². The lowest BCUT2D eigenvalue weighted by molar-refractivity contribution is 0.0827. The highest BCUT2D eigenvalue weighted by Crippen LogP contribution is 2.35. The molecule has 3 heterocycles. The molecule has 1 fully saturated rings. The number of aromatic amines is 1. The molecule has 0 bridgehead atoms. The van der Waals surface area contributed by atoms with Gasteiger partial charge in [-0.25, -0.2) is 0 Å². The summed E-state index contributed by atoms with van der Waals surface area (Å²) in [5.41, 5.74) is 5.22. The van der Waals surface area contributed by atoms with E-state index in [2.05, 4.69) is 61.4 Å². The molecule has 2 aromatic carbocycles. The van der Waals surface area contributed by atoms with E-state index in [9.17, 15) is 4.79 Å². The van der Waals surface area contributed by atoms with Crippen LogP contribution in [0.2, 0.25) is 0 Å². The Morgan fingerprint density at radius 1 is 1.13 bits per heavy atom. The van der Waals surface area contributed by atoms with E-state index in [1.807, 2.05) is 30.5 Å². The standard InChI is InChI=1S/C28H33N7O2.CH4/c1-33(2)27(36)21-7-5-6-20(16-21)23-17-29-25-24(23)26(37-4)32-28(31-25)30-22-10-8-19(9-11-22)18-35-14-12-34(3)13-15-35;/h5-11,16-17H,12-15,18H2,1-4H3,(H2,29,30,31,32);1H4/i;1D. The molecule has 9 heteroatoms. The molecular weight excluding hydrogens is 478 g/mol. The van der Waals surface area contributed by atoms with Crippen molar-refractivity contribution in [2.45, 2.75) is 13.9 Å². The van der Waals surface area contributed by atoms with Crippen LogP contribution in [0.3, 0.4) is 0 Å². The minimum absolute atomic E-state index is 0.0501. The number of H-pyrrole nitrogens is 1. The Morgan fingerprint density at radius 2 is 1.87 bits per heavy atom. The summed E-state index contributed by atoms with van der Waals surface area (Å²) in [4.78, 5) is 31.4. The van der Waals surface area contributed by atoms with Crippen molar-refractivity contribution in [1.82, 2.24) is 29.7 Å². The summed E-state index contributed by atoms with van der Waals surface area (Å²) in [5.74, 6) is 0.854. The van der Waals surface area contributed by atoms with Crippen LogP contribution >= 0.6 is 0 Å². The Labute approximate surface area is 225 Å². The van der Waals surface area contributed by atoms with Gasteiger partial charge in [-0.05, 0) is 42.4 Å². The zero-order valence-electron chi connectivity index (χ0n) is 23.8. The fourth-order valence-corrected chi connectivity index (χ4v) is 4.60. The van der Waals surface area contributed by atoms with Gasteiger partial charge in [0.25, 0.3) is 5.91 Å². The number of carbonyl (C=O) groups is 1. The molecule has 200 valence electrons. The summed E-state index contributed by atoms with van der Waals surface area (Å²) < 4.78 is 11.4. The quantitative estimate of drug-likeness (QED) is 0.375. The van der Waals surface area contributed by atoms with Crippen LogP contribution in [0.5, 0.6) is 5.88 Å². The van der Waals surface area contributed by atoms with Crippen molar-refractivity contribution < 1.29 is 10.9 Å². The van der Waals surface area contributed by atoms with Gasteiger partial charge in [0.1, 0.15) is 5.65 Å². The minimum atomic E-state index is -0.0501. The number of fused-ring (bicyclic) bond motifs is 1. The third kappa shape index (κ3) is 5.79. The summed E-state index contributed by atoms with van der Waals surface area (Å²) in [6.45, 7) is 5.37. The third-order valence-electron chi connectivity index (χ3n) is 6.73. The van der Waals surface area contributed by atoms with Gasteiger partial charge in [-0.3, -0.25) is 9.69 Å². The van der Waals surface area contributed by atoms with Crippen molar-refractivity contribution in [3.63, 3.8) is 0 Å². The molecular formula is C29H37N7O2. The summed E-state index contributed by atoms with van der Waals surface area (Å²) in [7, 11) is 8.51. The molecule has 0 unspecified atom stereocenters. The van der Waals surface area contributed by atoms with Gasteiger partial charge in [0.2, 0.25) is 11.8 Å². The second-order valence-electron chi connectivity index (χ2n) is 9.66. The summed E-state index contributed by atoms with van der Waals surface area (Å²) in [6, 6.07) is 15.9. The maximum atomic E-state index is 12.5. The number of likely N-dealkylation sites (N-methyl/N-ethyl adjacent to an activating group) is 1. The molecule has 9 nitrogen and oxygen atoms in total. The first-order valence-corrected chi connectivity index (χ1v) is 12.4. The van der Waals surface area contributed by atoms with Crippen molar-refractivity contribution >= 4 is 28.6 Å². The normalized spacial score (nSPS) is 14.4. The zero-order valence-corrected chi connectivity index (χ0v) is 22.8. The maximum absolute atomic E-state index is 12.5. The molecule has 2 N–H and O–H groups in total. The predicted molar refractivity (Wildman–Crippen MR) is 153 cm³/mol. The van der Waals surface area contributed by atoms with Crippen LogP contribution in [-0.4, -0.2) is 90.0 Å². The monoisotopic (exact) mass is 516 g/mol. The van der Waals surface area contributed by atoms with Gasteiger partial charge in [0, 0.05) is 71.2 Å². The van der Waals surface area contributed by atoms with E-state index in [1.54, 1.807) is 26.1 Å². The Kier molecular flexibility index (Phi) is 7.86. The number of nitrogens with one attached hydrogen (secondary N) is 2. The number of hydrogen-bond donors (Lipinski definition) is 2. The number of anilines is 2. The van der Waals surface area contributed by atoms with E-state index >= 15 is 0 Å². The lowest BCUT2D eigenvalue weighted by Gasteiger charge is -2.32. The molecule has 2 aromatic heterocycles. The molecule has 0 saturated carbocycles. The molecule has 0 aliphatic carbocycles. The number of hydrogen-bond acceptors (Lipinski definition) is 7. The highest BCUT2D eigenvalue weighted by molar-refractivity contribution is 6.00. The number of piperazine rings is 1. The predicted octanol–water partition coefficient (Wildman–Crippen LogP) is 4.46. The van der Waals surface area contributed by atoms with Crippen molar-refractivity contribution in [2.24, 2.45) is 0 Å². The first-order valence-electron chi connectivity index (χ1n) is 13.4. The molecule has 1 amide bonds. The summed E-state index contributed by atoms with van der Waals surface area (Å²) >= 11 is 0. The lowest BCUT2D eigenvalue weighted by atomic mass is 10.0. The van der Waals surface area contributed by atoms with E-state index in [4.69, 9.17) is 6.11 Å². The number of methoxy groups -OCH3 is 1. The Morgan fingerprint density at radius 3 is 2.55 bits per heavy atom. The Hall–Kier alpha value is -3.95. The number of rotatable bonds is 7. The van der Waals surface area contributed by atoms with Crippen LogP contribution in [0.25, 0.3) is 22.2 Å². The topological polar surface area (TPSA) is 89.6 Å². The average Bonchev–Trinajstić information content (AvgIpc) is 3.40. The molecule has 4 aromatic rings. The highest BCUT2D eigenvalue weighted by atomic mass is 16.5. The molecule has 1 aliphatic rings. The number of nitrogens with zero attached hydrogens (tertiary/aromatic N) is 5. The van der Waals surface area contributed by atoms with Crippen LogP contribution in [0.15, 0.2) is 54.7 Å².